The first-order valence-electron chi connectivity index (χ1n) is 11.0. The number of carbonyl (C=O) groups is 3. The molecular formula is C24H21N5O4. The molecule has 9 heteroatoms. The highest BCUT2D eigenvalue weighted by Gasteiger charge is 2.38. The Morgan fingerprint density at radius 2 is 2.06 bits per heavy atom. The van der Waals surface area contributed by atoms with Crippen LogP contribution >= 0.6 is 0 Å². The number of amides is 3. The highest BCUT2D eigenvalue weighted by molar-refractivity contribution is 6.11. The van der Waals surface area contributed by atoms with E-state index >= 15 is 0 Å². The van der Waals surface area contributed by atoms with Crippen molar-refractivity contribution >= 4 is 29.1 Å². The van der Waals surface area contributed by atoms with Crippen molar-refractivity contribution in [3.63, 3.8) is 0 Å². The van der Waals surface area contributed by atoms with Gasteiger partial charge in [0, 0.05) is 24.2 Å². The van der Waals surface area contributed by atoms with Crippen molar-refractivity contribution in [2.75, 3.05) is 23.8 Å². The summed E-state index contributed by atoms with van der Waals surface area (Å²) >= 11 is 0. The van der Waals surface area contributed by atoms with Crippen LogP contribution in [0, 0.1) is 0 Å². The first-order chi connectivity index (χ1) is 16.1. The molecule has 0 saturated carbocycles. The lowest BCUT2D eigenvalue weighted by Crippen LogP contribution is -2.40. The van der Waals surface area contributed by atoms with Crippen molar-refractivity contribution < 1.29 is 19.1 Å². The molecule has 0 bridgehead atoms. The van der Waals surface area contributed by atoms with Gasteiger partial charge in [0.15, 0.2) is 0 Å². The predicted molar refractivity (Wildman–Crippen MR) is 120 cm³/mol. The number of benzene rings is 2. The molecule has 0 radical (unpaired) electrons. The maximum absolute atomic E-state index is 13.0. The van der Waals surface area contributed by atoms with E-state index in [1.54, 1.807) is 29.2 Å². The van der Waals surface area contributed by atoms with E-state index < -0.39 is 6.04 Å². The average Bonchev–Trinajstić information content (AvgIpc) is 3.58. The molecule has 0 aliphatic carbocycles. The molecule has 3 aliphatic rings. The molecule has 3 amide bonds. The van der Waals surface area contributed by atoms with Gasteiger partial charge in [-0.1, -0.05) is 0 Å². The molecule has 1 fully saturated rings. The molecule has 3 N–H and O–H groups in total. The zero-order chi connectivity index (χ0) is 22.5. The van der Waals surface area contributed by atoms with E-state index in [1.807, 2.05) is 18.2 Å². The summed E-state index contributed by atoms with van der Waals surface area (Å²) in [4.78, 5) is 39.9. The third-order valence-electron chi connectivity index (χ3n) is 6.39. The monoisotopic (exact) mass is 443 g/mol. The molecule has 3 aromatic rings. The fourth-order valence-electron chi connectivity index (χ4n) is 4.69. The van der Waals surface area contributed by atoms with E-state index in [-0.39, 0.29) is 17.7 Å². The summed E-state index contributed by atoms with van der Waals surface area (Å²) in [7, 11) is 0. The van der Waals surface area contributed by atoms with Gasteiger partial charge in [0.05, 0.1) is 23.6 Å². The van der Waals surface area contributed by atoms with Gasteiger partial charge in [-0.25, -0.2) is 0 Å². The fraction of sp³-hybridized carbons (Fsp3) is 0.250. The van der Waals surface area contributed by atoms with Crippen molar-refractivity contribution in [2.45, 2.75) is 25.3 Å². The van der Waals surface area contributed by atoms with Crippen molar-refractivity contribution in [3.05, 3.63) is 59.3 Å². The molecule has 0 spiro atoms. The van der Waals surface area contributed by atoms with Crippen LogP contribution < -0.4 is 15.4 Å². The number of nitrogens with zero attached hydrogens (tertiary/aromatic N) is 2. The van der Waals surface area contributed by atoms with Gasteiger partial charge in [0.25, 0.3) is 11.8 Å². The molecule has 0 unspecified atom stereocenters. The SMILES string of the molecule is O=C(Nc1ccc2c(c1)C(=O)N1CCC[C@H]1C(=O)N2)c1cc(-c2ccc3c(c2)CCO3)n[nH]1. The smallest absolute Gasteiger partial charge is 0.273 e. The second-order valence-corrected chi connectivity index (χ2v) is 8.45. The third kappa shape index (κ3) is 3.32. The number of nitrogens with one attached hydrogen (secondary N) is 3. The lowest BCUT2D eigenvalue weighted by Gasteiger charge is -2.20. The number of anilines is 2. The molecule has 6 rings (SSSR count). The van der Waals surface area contributed by atoms with Gasteiger partial charge in [-0.3, -0.25) is 19.5 Å². The molecule has 4 heterocycles. The highest BCUT2D eigenvalue weighted by atomic mass is 16.5. The van der Waals surface area contributed by atoms with Crippen LogP contribution in [0.4, 0.5) is 11.4 Å². The number of aromatic nitrogens is 2. The molecular weight excluding hydrogens is 422 g/mol. The number of rotatable bonds is 3. The van der Waals surface area contributed by atoms with Crippen molar-refractivity contribution in [1.29, 1.82) is 0 Å². The Kier molecular flexibility index (Phi) is 4.42. The Bertz CT molecular complexity index is 1310. The van der Waals surface area contributed by atoms with Gasteiger partial charge in [-0.2, -0.15) is 5.10 Å². The van der Waals surface area contributed by atoms with E-state index in [2.05, 4.69) is 20.8 Å². The van der Waals surface area contributed by atoms with Gasteiger partial charge in [0.1, 0.15) is 17.5 Å². The van der Waals surface area contributed by atoms with Gasteiger partial charge in [-0.05, 0) is 60.9 Å². The van der Waals surface area contributed by atoms with Crippen LogP contribution in [-0.4, -0.2) is 52.0 Å². The molecule has 1 atom stereocenters. The maximum atomic E-state index is 13.0. The Balaban J connectivity index is 1.23. The molecule has 3 aliphatic heterocycles. The first-order valence-corrected chi connectivity index (χ1v) is 11.0. The van der Waals surface area contributed by atoms with E-state index in [1.165, 1.54) is 0 Å². The zero-order valence-electron chi connectivity index (χ0n) is 17.7. The summed E-state index contributed by atoms with van der Waals surface area (Å²) in [6, 6.07) is 12.0. The van der Waals surface area contributed by atoms with Crippen LogP contribution in [0.3, 0.4) is 0 Å². The average molecular weight is 443 g/mol. The number of aromatic amines is 1. The Hall–Kier alpha value is -4.14. The lowest BCUT2D eigenvalue weighted by atomic mass is 10.1. The van der Waals surface area contributed by atoms with Gasteiger partial charge in [0.2, 0.25) is 5.91 Å². The fourth-order valence-corrected chi connectivity index (χ4v) is 4.69. The van der Waals surface area contributed by atoms with E-state index in [0.717, 1.165) is 29.7 Å². The van der Waals surface area contributed by atoms with Crippen molar-refractivity contribution in [2.24, 2.45) is 0 Å². The van der Waals surface area contributed by atoms with Gasteiger partial charge >= 0.3 is 0 Å². The predicted octanol–water partition coefficient (Wildman–Crippen LogP) is 2.82. The molecule has 1 aromatic heterocycles. The van der Waals surface area contributed by atoms with Crippen molar-refractivity contribution in [1.82, 2.24) is 15.1 Å². The number of H-pyrrole nitrogens is 1. The topological polar surface area (TPSA) is 116 Å². The second-order valence-electron chi connectivity index (χ2n) is 8.45. The van der Waals surface area contributed by atoms with Crippen LogP contribution in [0.25, 0.3) is 11.3 Å². The summed E-state index contributed by atoms with van der Waals surface area (Å²) in [5.41, 5.74) is 4.29. The Morgan fingerprint density at radius 3 is 2.97 bits per heavy atom. The minimum Gasteiger partial charge on any atom is -0.493 e. The lowest BCUT2D eigenvalue weighted by molar-refractivity contribution is -0.119. The summed E-state index contributed by atoms with van der Waals surface area (Å²) in [5, 5.41) is 12.7. The second kappa shape index (κ2) is 7.47. The zero-order valence-corrected chi connectivity index (χ0v) is 17.7. The Morgan fingerprint density at radius 1 is 1.15 bits per heavy atom. The van der Waals surface area contributed by atoms with Crippen LogP contribution in [-0.2, 0) is 11.2 Å². The highest BCUT2D eigenvalue weighted by Crippen LogP contribution is 2.32. The quantitative estimate of drug-likeness (QED) is 0.576. The van der Waals surface area contributed by atoms with Crippen LogP contribution in [0.1, 0.15) is 39.3 Å². The number of ether oxygens (including phenoxy) is 1. The van der Waals surface area contributed by atoms with E-state index in [4.69, 9.17) is 4.74 Å². The van der Waals surface area contributed by atoms with Gasteiger partial charge < -0.3 is 20.3 Å². The van der Waals surface area contributed by atoms with Gasteiger partial charge in [-0.15, -0.1) is 0 Å². The summed E-state index contributed by atoms with van der Waals surface area (Å²) < 4.78 is 5.54. The summed E-state index contributed by atoms with van der Waals surface area (Å²) in [5.74, 6) is 0.148. The molecule has 33 heavy (non-hydrogen) atoms. The van der Waals surface area contributed by atoms with Crippen molar-refractivity contribution in [3.8, 4) is 17.0 Å². The standard InChI is InChI=1S/C24H21N5O4/c30-22(19-12-18(27-28-19)13-3-6-21-14(10-13)7-9-33-21)25-15-4-5-17-16(11-15)24(32)29-8-1-2-20(29)23(31)26-17/h3-6,10-12,20H,1-2,7-9H2,(H,25,30)(H,26,31)(H,27,28)/t20-/m0/s1. The minimum absolute atomic E-state index is 0.167. The Labute approximate surface area is 189 Å². The molecule has 2 aromatic carbocycles. The van der Waals surface area contributed by atoms with Crippen LogP contribution in [0.2, 0.25) is 0 Å². The summed E-state index contributed by atoms with van der Waals surface area (Å²) in [6.45, 7) is 1.23. The number of hydrogen-bond acceptors (Lipinski definition) is 5. The minimum atomic E-state index is -0.433. The largest absolute Gasteiger partial charge is 0.493 e. The van der Waals surface area contributed by atoms with Crippen LogP contribution in [0.5, 0.6) is 5.75 Å². The number of hydrogen-bond donors (Lipinski definition) is 3. The summed E-state index contributed by atoms with van der Waals surface area (Å²) in [6.07, 6.45) is 2.32. The molecule has 9 nitrogen and oxygen atoms in total. The van der Waals surface area contributed by atoms with E-state index in [0.29, 0.717) is 47.9 Å². The number of fused-ring (bicyclic) bond motifs is 3. The van der Waals surface area contributed by atoms with Crippen LogP contribution in [0.15, 0.2) is 42.5 Å². The number of carbonyl (C=O) groups excluding carboxylic acids is 3. The normalized spacial score (nSPS) is 18.7. The first kappa shape index (κ1) is 19.5. The van der Waals surface area contributed by atoms with E-state index in [9.17, 15) is 14.4 Å². The molecule has 166 valence electrons. The molecule has 1 saturated heterocycles. The maximum Gasteiger partial charge on any atom is 0.273 e. The third-order valence-corrected chi connectivity index (χ3v) is 6.39.